The summed E-state index contributed by atoms with van der Waals surface area (Å²) in [6.45, 7) is 12.7. The Morgan fingerprint density at radius 3 is 2.29 bits per heavy atom. The van der Waals surface area contributed by atoms with Crippen LogP contribution in [0.3, 0.4) is 0 Å². The van der Waals surface area contributed by atoms with E-state index in [1.165, 1.54) is 0 Å². The normalized spacial score (nSPS) is 18.0. The molecule has 0 aromatic rings. The van der Waals surface area contributed by atoms with Gasteiger partial charge in [0.2, 0.25) is 11.8 Å². The van der Waals surface area contributed by atoms with E-state index >= 15 is 0 Å². The van der Waals surface area contributed by atoms with Gasteiger partial charge in [0.05, 0.1) is 6.54 Å². The number of hydrogen-bond acceptors (Lipinski definition) is 4. The second kappa shape index (κ2) is 10.7. The van der Waals surface area contributed by atoms with Crippen LogP contribution in [0.15, 0.2) is 0 Å². The molecular formula is C18H35N3O3. The third-order valence-corrected chi connectivity index (χ3v) is 4.18. The molecule has 0 aliphatic carbocycles. The van der Waals surface area contributed by atoms with Gasteiger partial charge >= 0.3 is 0 Å². The SMILES string of the molecule is CC(C)CCOC(C)C(=O)NC1CCN(CC(=O)NC(C)C)CC1. The van der Waals surface area contributed by atoms with E-state index in [2.05, 4.69) is 29.4 Å². The number of carbonyl (C=O) groups excluding carboxylic acids is 2. The van der Waals surface area contributed by atoms with Crippen molar-refractivity contribution in [3.8, 4) is 0 Å². The van der Waals surface area contributed by atoms with Gasteiger partial charge in [0, 0.05) is 31.8 Å². The molecule has 2 N–H and O–H groups in total. The van der Waals surface area contributed by atoms with Crippen LogP contribution in [0.2, 0.25) is 0 Å². The summed E-state index contributed by atoms with van der Waals surface area (Å²) >= 11 is 0. The van der Waals surface area contributed by atoms with E-state index in [0.29, 0.717) is 19.1 Å². The lowest BCUT2D eigenvalue weighted by Crippen LogP contribution is -2.49. The van der Waals surface area contributed by atoms with Crippen LogP contribution in [-0.4, -0.2) is 61.1 Å². The Morgan fingerprint density at radius 2 is 1.75 bits per heavy atom. The minimum Gasteiger partial charge on any atom is -0.369 e. The summed E-state index contributed by atoms with van der Waals surface area (Å²) in [6.07, 6.45) is 2.31. The fourth-order valence-electron chi connectivity index (χ4n) is 2.68. The summed E-state index contributed by atoms with van der Waals surface area (Å²) in [4.78, 5) is 26.1. The number of nitrogens with zero attached hydrogens (tertiary/aromatic N) is 1. The Morgan fingerprint density at radius 1 is 1.12 bits per heavy atom. The standard InChI is InChI=1S/C18H35N3O3/c1-13(2)8-11-24-15(5)18(23)20-16-6-9-21(10-7-16)12-17(22)19-14(3)4/h13-16H,6-12H2,1-5H3,(H,19,22)(H,20,23). The third-order valence-electron chi connectivity index (χ3n) is 4.18. The Kier molecular flexibility index (Phi) is 9.29. The molecule has 1 saturated heterocycles. The van der Waals surface area contributed by atoms with Gasteiger partial charge in [0.25, 0.3) is 0 Å². The zero-order valence-corrected chi connectivity index (χ0v) is 15.9. The zero-order valence-electron chi connectivity index (χ0n) is 15.9. The van der Waals surface area contributed by atoms with Crippen LogP contribution < -0.4 is 10.6 Å². The molecule has 140 valence electrons. The van der Waals surface area contributed by atoms with Gasteiger partial charge < -0.3 is 15.4 Å². The maximum Gasteiger partial charge on any atom is 0.249 e. The number of carbonyl (C=O) groups is 2. The monoisotopic (exact) mass is 341 g/mol. The smallest absolute Gasteiger partial charge is 0.249 e. The highest BCUT2D eigenvalue weighted by Gasteiger charge is 2.24. The van der Waals surface area contributed by atoms with Gasteiger partial charge in [-0.15, -0.1) is 0 Å². The van der Waals surface area contributed by atoms with Gasteiger partial charge in [-0.3, -0.25) is 14.5 Å². The predicted octanol–water partition coefficient (Wildman–Crippen LogP) is 1.54. The van der Waals surface area contributed by atoms with Crippen molar-refractivity contribution in [2.24, 2.45) is 5.92 Å². The highest BCUT2D eigenvalue weighted by atomic mass is 16.5. The van der Waals surface area contributed by atoms with E-state index in [1.54, 1.807) is 6.92 Å². The third kappa shape index (κ3) is 8.64. The van der Waals surface area contributed by atoms with Crippen LogP contribution >= 0.6 is 0 Å². The highest BCUT2D eigenvalue weighted by Crippen LogP contribution is 2.11. The molecule has 0 aromatic carbocycles. The molecule has 1 aliphatic rings. The first-order chi connectivity index (χ1) is 11.3. The lowest BCUT2D eigenvalue weighted by Gasteiger charge is -2.32. The second-order valence-electron chi connectivity index (χ2n) is 7.48. The van der Waals surface area contributed by atoms with E-state index in [1.807, 2.05) is 13.8 Å². The minimum atomic E-state index is -0.404. The molecule has 0 aromatic heterocycles. The van der Waals surface area contributed by atoms with Crippen molar-refractivity contribution in [2.75, 3.05) is 26.2 Å². The van der Waals surface area contributed by atoms with Crippen LogP contribution in [0.1, 0.15) is 53.9 Å². The molecule has 1 unspecified atom stereocenters. The average molecular weight is 341 g/mol. The van der Waals surface area contributed by atoms with E-state index in [-0.39, 0.29) is 23.9 Å². The Balaban J connectivity index is 2.22. The minimum absolute atomic E-state index is 0.0326. The summed E-state index contributed by atoms with van der Waals surface area (Å²) in [5, 5.41) is 5.98. The molecule has 1 heterocycles. The fraction of sp³-hybridized carbons (Fsp3) is 0.889. The first-order valence-electron chi connectivity index (χ1n) is 9.21. The van der Waals surface area contributed by atoms with Crippen molar-refractivity contribution >= 4 is 11.8 Å². The van der Waals surface area contributed by atoms with Crippen molar-refractivity contribution in [2.45, 2.75) is 72.1 Å². The Hall–Kier alpha value is -1.14. The lowest BCUT2D eigenvalue weighted by molar-refractivity contribution is -0.133. The molecule has 1 rings (SSSR count). The van der Waals surface area contributed by atoms with Crippen molar-refractivity contribution in [1.29, 1.82) is 0 Å². The first-order valence-corrected chi connectivity index (χ1v) is 9.21. The fourth-order valence-corrected chi connectivity index (χ4v) is 2.68. The first kappa shape index (κ1) is 20.9. The van der Waals surface area contributed by atoms with E-state index < -0.39 is 6.10 Å². The van der Waals surface area contributed by atoms with E-state index in [4.69, 9.17) is 4.74 Å². The molecule has 6 heteroatoms. The van der Waals surface area contributed by atoms with Gasteiger partial charge in [-0.05, 0) is 46.0 Å². The molecule has 0 saturated carbocycles. The van der Waals surface area contributed by atoms with Crippen molar-refractivity contribution in [3.63, 3.8) is 0 Å². The molecule has 0 radical (unpaired) electrons. The molecule has 24 heavy (non-hydrogen) atoms. The van der Waals surface area contributed by atoms with Gasteiger partial charge in [-0.2, -0.15) is 0 Å². The summed E-state index contributed by atoms with van der Waals surface area (Å²) < 4.78 is 5.59. The van der Waals surface area contributed by atoms with Crippen LogP contribution in [0, 0.1) is 5.92 Å². The van der Waals surface area contributed by atoms with Gasteiger partial charge in [0.15, 0.2) is 0 Å². The van der Waals surface area contributed by atoms with E-state index in [9.17, 15) is 9.59 Å². The number of piperidine rings is 1. The predicted molar refractivity (Wildman–Crippen MR) is 95.8 cm³/mol. The second-order valence-corrected chi connectivity index (χ2v) is 7.48. The van der Waals surface area contributed by atoms with Gasteiger partial charge in [0.1, 0.15) is 6.10 Å². The average Bonchev–Trinajstić information content (AvgIpc) is 2.47. The van der Waals surface area contributed by atoms with Gasteiger partial charge in [-0.1, -0.05) is 13.8 Å². The summed E-state index contributed by atoms with van der Waals surface area (Å²) in [7, 11) is 0. The summed E-state index contributed by atoms with van der Waals surface area (Å²) in [5.41, 5.74) is 0. The molecule has 0 spiro atoms. The Labute approximate surface area is 146 Å². The summed E-state index contributed by atoms with van der Waals surface area (Å²) in [5.74, 6) is 0.618. The van der Waals surface area contributed by atoms with Crippen molar-refractivity contribution in [3.05, 3.63) is 0 Å². The summed E-state index contributed by atoms with van der Waals surface area (Å²) in [6, 6.07) is 0.351. The topological polar surface area (TPSA) is 70.7 Å². The Bertz CT molecular complexity index is 391. The van der Waals surface area contributed by atoms with E-state index in [0.717, 1.165) is 32.4 Å². The molecule has 1 atom stereocenters. The van der Waals surface area contributed by atoms with Crippen molar-refractivity contribution < 1.29 is 14.3 Å². The lowest BCUT2D eigenvalue weighted by atomic mass is 10.0. The van der Waals surface area contributed by atoms with Crippen LogP contribution in [0.4, 0.5) is 0 Å². The number of rotatable bonds is 9. The van der Waals surface area contributed by atoms with Crippen molar-refractivity contribution in [1.82, 2.24) is 15.5 Å². The molecule has 0 bridgehead atoms. The largest absolute Gasteiger partial charge is 0.369 e. The molecule has 6 nitrogen and oxygen atoms in total. The highest BCUT2D eigenvalue weighted by molar-refractivity contribution is 5.80. The number of hydrogen-bond donors (Lipinski definition) is 2. The number of ether oxygens (including phenoxy) is 1. The number of nitrogens with one attached hydrogen (secondary N) is 2. The number of amides is 2. The van der Waals surface area contributed by atoms with Crippen LogP contribution in [0.5, 0.6) is 0 Å². The maximum absolute atomic E-state index is 12.2. The zero-order chi connectivity index (χ0) is 18.1. The molecule has 1 fully saturated rings. The number of likely N-dealkylation sites (tertiary alicyclic amines) is 1. The van der Waals surface area contributed by atoms with Gasteiger partial charge in [-0.25, -0.2) is 0 Å². The molecule has 1 aliphatic heterocycles. The molecule has 2 amide bonds. The quantitative estimate of drug-likeness (QED) is 0.667. The van der Waals surface area contributed by atoms with Crippen LogP contribution in [-0.2, 0) is 14.3 Å². The molecular weight excluding hydrogens is 306 g/mol. The maximum atomic E-state index is 12.2. The van der Waals surface area contributed by atoms with Crippen LogP contribution in [0.25, 0.3) is 0 Å².